The Hall–Kier alpha value is -16.3. The van der Waals surface area contributed by atoms with Crippen molar-refractivity contribution in [1.82, 2.24) is 15.0 Å². The van der Waals surface area contributed by atoms with Crippen molar-refractivity contribution in [3.05, 3.63) is 524 Å². The first-order chi connectivity index (χ1) is 64.4. The zero-order chi connectivity index (χ0) is 89.4. The topological polar surface area (TPSA) is 38.7 Å². The van der Waals surface area contributed by atoms with Crippen molar-refractivity contribution in [3.8, 4) is 112 Å². The minimum Gasteiger partial charge on any atom is -0.248 e. The first kappa shape index (κ1) is 85.5. The molecule has 0 unspecified atom stereocenters. The SMILES string of the molecule is Cc1cc(-c2ccccc2)cc(-c2ccccc2)c1.Cc1ccc2c3c(cccc13)-c1ccccc1-2.Cc1ccc2c3ccccc3c3ccccc3c2c1.Cc1cccc2c(-c3ccccc3)cc(-c3ccccc3)nc12.Cc1cccc2c(-c3ccccc3)nc(-c3ccccc3)cc12.Cc1cccc2nc(-c3ccccc3)cc(-c3ccccc3)c12.Cc1ccccc1. The minimum atomic E-state index is 1.02. The van der Waals surface area contributed by atoms with Crippen LogP contribution in [0.3, 0.4) is 0 Å². The van der Waals surface area contributed by atoms with Gasteiger partial charge in [0.25, 0.3) is 0 Å². The highest BCUT2D eigenvalue weighted by Gasteiger charge is 2.22. The van der Waals surface area contributed by atoms with Crippen LogP contribution in [0.5, 0.6) is 0 Å². The number of hydrogen-bond donors (Lipinski definition) is 0. The lowest BCUT2D eigenvalue weighted by Gasteiger charge is -2.12. The lowest BCUT2D eigenvalue weighted by atomic mass is 9.93. The van der Waals surface area contributed by atoms with Crippen LogP contribution in [-0.2, 0) is 0 Å². The Morgan fingerprint density at radius 3 is 1.03 bits per heavy atom. The normalized spacial score (nSPS) is 10.9. The maximum Gasteiger partial charge on any atom is 0.0787 e. The van der Waals surface area contributed by atoms with E-state index in [0.717, 1.165) is 56.1 Å². The molecule has 0 amide bonds. The van der Waals surface area contributed by atoms with E-state index in [1.54, 1.807) is 0 Å². The molecule has 0 bridgehead atoms. The highest BCUT2D eigenvalue weighted by molar-refractivity contribution is 6.25. The van der Waals surface area contributed by atoms with Gasteiger partial charge in [-0.3, -0.25) is 0 Å². The quantitative estimate of drug-likeness (QED) is 0.142. The second kappa shape index (κ2) is 40.1. The first-order valence-electron chi connectivity index (χ1n) is 45.1. The van der Waals surface area contributed by atoms with E-state index in [2.05, 4.69) is 491 Å². The smallest absolute Gasteiger partial charge is 0.0787 e. The van der Waals surface area contributed by atoms with Crippen LogP contribution in [0.15, 0.2) is 485 Å². The summed E-state index contributed by atoms with van der Waals surface area (Å²) in [6, 6.07) is 170. The molecular weight excluding hydrogens is 1580 g/mol. The number of benzene rings is 20. The number of hydrogen-bond acceptors (Lipinski definition) is 3. The maximum absolute atomic E-state index is 4.98. The third kappa shape index (κ3) is 19.3. The predicted octanol–water partition coefficient (Wildman–Crippen LogP) is 35.2. The van der Waals surface area contributed by atoms with Crippen molar-refractivity contribution in [1.29, 1.82) is 0 Å². The number of para-hydroxylation sites is 1. The standard InChI is InChI=1S/3C22H17N.C19H14.C19H16.C17H12.C7H8/c1-16-9-8-14-20-22(16)19(17-10-4-2-5-11-17)15-21(23-20)18-12-6-3-7-13-18;1-16-9-8-14-19-20(17-10-4-2-5-11-17)15-21(23-22(16)19)18-12-6-3-7-13-18;1-16-9-8-14-19-20(16)15-21(17-10-4-2-5-11-17)23-22(19)18-12-6-3-7-13-18;1-13-10-11-18-16-8-3-2-6-14(16)15-7-4-5-9-17(15)19(18)12-13;1-15-12-18(16-8-4-2-5-9-16)14-19(13-15)17-10-6-3-7-11-17;1-11-9-10-16-14-6-3-2-5-13(14)15-8-4-7-12(11)17(15)16;1-7-5-3-2-4-6-7/h3*2-15H,1H3;2-12H,1H3;2-14H,1H3;2-10H,1H3;2-6H,1H3. The first-order valence-corrected chi connectivity index (χ1v) is 45.1. The third-order valence-electron chi connectivity index (χ3n) is 24.5. The summed E-state index contributed by atoms with van der Waals surface area (Å²) in [5.74, 6) is 0. The Morgan fingerprint density at radius 2 is 0.511 bits per heavy atom. The van der Waals surface area contributed by atoms with E-state index in [4.69, 9.17) is 15.0 Å². The molecule has 0 atom stereocenters. The third-order valence-corrected chi connectivity index (χ3v) is 24.5. The van der Waals surface area contributed by atoms with Crippen molar-refractivity contribution >= 4 is 75.7 Å². The Morgan fingerprint density at radius 1 is 0.145 bits per heavy atom. The van der Waals surface area contributed by atoms with Gasteiger partial charge in [-0.25, -0.2) is 15.0 Å². The van der Waals surface area contributed by atoms with Crippen LogP contribution in [0.4, 0.5) is 0 Å². The summed E-state index contributed by atoms with van der Waals surface area (Å²) < 4.78 is 0. The molecule has 20 aromatic carbocycles. The van der Waals surface area contributed by atoms with Crippen LogP contribution in [0.1, 0.15) is 38.9 Å². The lowest BCUT2D eigenvalue weighted by Crippen LogP contribution is -1.92. The van der Waals surface area contributed by atoms with Crippen molar-refractivity contribution in [2.24, 2.45) is 0 Å². The average molecular weight is 1680 g/mol. The minimum absolute atomic E-state index is 1.02. The van der Waals surface area contributed by atoms with Gasteiger partial charge in [0.1, 0.15) is 0 Å². The molecular formula is C128H101N3. The van der Waals surface area contributed by atoms with Crippen molar-refractivity contribution in [2.45, 2.75) is 48.5 Å². The lowest BCUT2D eigenvalue weighted by molar-refractivity contribution is 1.34. The second-order valence-electron chi connectivity index (χ2n) is 33.6. The Labute approximate surface area is 769 Å². The van der Waals surface area contributed by atoms with Crippen molar-refractivity contribution in [3.63, 3.8) is 0 Å². The molecule has 0 fully saturated rings. The number of aryl methyl sites for hydroxylation is 7. The van der Waals surface area contributed by atoms with E-state index >= 15 is 0 Å². The Bertz CT molecular complexity index is 7620. The van der Waals surface area contributed by atoms with Gasteiger partial charge in [0, 0.05) is 38.4 Å². The van der Waals surface area contributed by atoms with Gasteiger partial charge in [-0.05, 0) is 222 Å². The predicted molar refractivity (Wildman–Crippen MR) is 562 cm³/mol. The molecule has 628 valence electrons. The summed E-state index contributed by atoms with van der Waals surface area (Å²) in [4.78, 5) is 14.8. The van der Waals surface area contributed by atoms with Gasteiger partial charge < -0.3 is 0 Å². The molecule has 3 nitrogen and oxygen atoms in total. The molecule has 24 rings (SSSR count). The fraction of sp³-hybridized carbons (Fsp3) is 0.0547. The van der Waals surface area contributed by atoms with E-state index in [9.17, 15) is 0 Å². The van der Waals surface area contributed by atoms with Gasteiger partial charge in [0.15, 0.2) is 0 Å². The molecule has 3 aromatic heterocycles. The van der Waals surface area contributed by atoms with Gasteiger partial charge in [0.2, 0.25) is 0 Å². The van der Waals surface area contributed by atoms with Crippen LogP contribution >= 0.6 is 0 Å². The van der Waals surface area contributed by atoms with Crippen LogP contribution in [0, 0.1) is 48.5 Å². The van der Waals surface area contributed by atoms with E-state index in [1.807, 2.05) is 42.5 Å². The zero-order valence-electron chi connectivity index (χ0n) is 75.0. The summed E-state index contributed by atoms with van der Waals surface area (Å²) >= 11 is 0. The van der Waals surface area contributed by atoms with Crippen LogP contribution in [0.2, 0.25) is 0 Å². The molecule has 3 heteroatoms. The van der Waals surface area contributed by atoms with E-state index < -0.39 is 0 Å². The average Bonchev–Trinajstić information content (AvgIpc) is 1.10. The molecule has 0 aliphatic heterocycles. The van der Waals surface area contributed by atoms with Gasteiger partial charge >= 0.3 is 0 Å². The largest absolute Gasteiger partial charge is 0.248 e. The van der Waals surface area contributed by atoms with Crippen LogP contribution in [0.25, 0.3) is 187 Å². The molecule has 0 N–H and O–H groups in total. The number of pyridine rings is 3. The Balaban J connectivity index is 0.000000104. The molecule has 0 radical (unpaired) electrons. The maximum atomic E-state index is 4.98. The van der Waals surface area contributed by atoms with Gasteiger partial charge in [-0.15, -0.1) is 0 Å². The second-order valence-corrected chi connectivity index (χ2v) is 33.6. The fourth-order valence-corrected chi connectivity index (χ4v) is 18.0. The van der Waals surface area contributed by atoms with Crippen molar-refractivity contribution in [2.75, 3.05) is 0 Å². The van der Waals surface area contributed by atoms with Crippen LogP contribution < -0.4 is 0 Å². The fourth-order valence-electron chi connectivity index (χ4n) is 18.0. The summed E-state index contributed by atoms with van der Waals surface area (Å²) in [7, 11) is 0. The summed E-state index contributed by atoms with van der Waals surface area (Å²) in [6.07, 6.45) is 0. The van der Waals surface area contributed by atoms with E-state index in [1.165, 1.54) is 170 Å². The molecule has 0 saturated heterocycles. The monoisotopic (exact) mass is 1680 g/mol. The molecule has 1 aliphatic carbocycles. The van der Waals surface area contributed by atoms with Gasteiger partial charge in [0.05, 0.1) is 33.8 Å². The number of fused-ring (bicyclic) bond motifs is 12. The summed E-state index contributed by atoms with van der Waals surface area (Å²) in [5.41, 5.74) is 35.4. The molecule has 131 heavy (non-hydrogen) atoms. The van der Waals surface area contributed by atoms with Crippen LogP contribution in [-0.4, -0.2) is 15.0 Å². The van der Waals surface area contributed by atoms with E-state index in [0.29, 0.717) is 0 Å². The molecule has 1 aliphatic rings. The highest BCUT2D eigenvalue weighted by atomic mass is 14.7. The molecule has 3 heterocycles. The highest BCUT2D eigenvalue weighted by Crippen LogP contribution is 2.48. The van der Waals surface area contributed by atoms with Gasteiger partial charge in [-0.1, -0.05) is 466 Å². The van der Waals surface area contributed by atoms with Gasteiger partial charge in [-0.2, -0.15) is 0 Å². The number of rotatable bonds is 8. The molecule has 0 spiro atoms. The number of nitrogens with zero attached hydrogens (tertiary/aromatic N) is 3. The molecule has 23 aromatic rings. The molecule has 0 saturated carbocycles. The summed E-state index contributed by atoms with van der Waals surface area (Å²) in [6.45, 7) is 15.0. The number of aromatic nitrogens is 3. The van der Waals surface area contributed by atoms with E-state index in [-0.39, 0.29) is 0 Å². The van der Waals surface area contributed by atoms with Crippen molar-refractivity contribution < 1.29 is 0 Å². The zero-order valence-corrected chi connectivity index (χ0v) is 75.0. The summed E-state index contributed by atoms with van der Waals surface area (Å²) in [5, 5.41) is 15.8. The Kier molecular flexibility index (Phi) is 26.2.